The van der Waals surface area contributed by atoms with Gasteiger partial charge in [0.05, 0.1) is 0 Å². The van der Waals surface area contributed by atoms with E-state index in [0.29, 0.717) is 12.1 Å². The van der Waals surface area contributed by atoms with Crippen molar-refractivity contribution in [2.45, 2.75) is 25.9 Å². The number of hydrogen-bond donors (Lipinski definition) is 1. The SMILES string of the molecule is CC(NC(C)c1cccc2ccccc12)c1ccsc1. The molecule has 1 heterocycles. The summed E-state index contributed by atoms with van der Waals surface area (Å²) in [4.78, 5) is 0. The van der Waals surface area contributed by atoms with Gasteiger partial charge in [0.25, 0.3) is 0 Å². The summed E-state index contributed by atoms with van der Waals surface area (Å²) in [6.07, 6.45) is 0. The second kappa shape index (κ2) is 5.78. The molecule has 1 nitrogen and oxygen atoms in total. The zero-order valence-corrected chi connectivity index (χ0v) is 12.7. The van der Waals surface area contributed by atoms with Gasteiger partial charge in [-0.15, -0.1) is 0 Å². The molecule has 0 aliphatic heterocycles. The number of fused-ring (bicyclic) bond motifs is 1. The van der Waals surface area contributed by atoms with Gasteiger partial charge in [-0.3, -0.25) is 0 Å². The third-order valence-corrected chi connectivity index (χ3v) is 4.53. The van der Waals surface area contributed by atoms with Crippen LogP contribution in [0.2, 0.25) is 0 Å². The highest BCUT2D eigenvalue weighted by molar-refractivity contribution is 7.07. The Bertz CT molecular complexity index is 682. The van der Waals surface area contributed by atoms with Gasteiger partial charge < -0.3 is 5.32 Å². The lowest BCUT2D eigenvalue weighted by Crippen LogP contribution is -2.22. The standard InChI is InChI=1S/C18H19NS/c1-13(16-10-11-20-12-16)19-14(2)17-9-5-7-15-6-3-4-8-18(15)17/h3-14,19H,1-2H3. The number of benzene rings is 2. The van der Waals surface area contributed by atoms with Crippen molar-refractivity contribution < 1.29 is 0 Å². The van der Waals surface area contributed by atoms with Crippen molar-refractivity contribution in [1.82, 2.24) is 5.32 Å². The van der Waals surface area contributed by atoms with Gasteiger partial charge in [-0.2, -0.15) is 11.3 Å². The van der Waals surface area contributed by atoms with Crippen LogP contribution < -0.4 is 5.32 Å². The molecular weight excluding hydrogens is 262 g/mol. The van der Waals surface area contributed by atoms with Gasteiger partial charge in [-0.25, -0.2) is 0 Å². The average molecular weight is 281 g/mol. The zero-order chi connectivity index (χ0) is 13.9. The van der Waals surface area contributed by atoms with Gasteiger partial charge in [-0.05, 0) is 52.6 Å². The van der Waals surface area contributed by atoms with Crippen molar-refractivity contribution >= 4 is 22.1 Å². The Kier molecular flexibility index (Phi) is 3.86. The van der Waals surface area contributed by atoms with Gasteiger partial charge in [0.1, 0.15) is 0 Å². The number of thiophene rings is 1. The van der Waals surface area contributed by atoms with Crippen molar-refractivity contribution in [2.75, 3.05) is 0 Å². The molecule has 0 aliphatic carbocycles. The molecule has 2 unspecified atom stereocenters. The first-order valence-corrected chi connectivity index (χ1v) is 7.96. The first-order valence-electron chi connectivity index (χ1n) is 7.01. The van der Waals surface area contributed by atoms with Crippen LogP contribution in [0.5, 0.6) is 0 Å². The highest BCUT2D eigenvalue weighted by Crippen LogP contribution is 2.26. The molecular formula is C18H19NS. The highest BCUT2D eigenvalue weighted by atomic mass is 32.1. The summed E-state index contributed by atoms with van der Waals surface area (Å²) in [6, 6.07) is 18.0. The molecule has 3 aromatic rings. The first-order chi connectivity index (χ1) is 9.75. The maximum Gasteiger partial charge on any atom is 0.0305 e. The monoisotopic (exact) mass is 281 g/mol. The molecule has 102 valence electrons. The van der Waals surface area contributed by atoms with E-state index in [1.165, 1.54) is 21.9 Å². The molecule has 0 radical (unpaired) electrons. The second-order valence-corrected chi connectivity index (χ2v) is 6.02. The molecule has 20 heavy (non-hydrogen) atoms. The molecule has 0 amide bonds. The van der Waals surface area contributed by atoms with E-state index in [0.717, 1.165) is 0 Å². The minimum Gasteiger partial charge on any atom is -0.304 e. The maximum atomic E-state index is 3.70. The number of hydrogen-bond acceptors (Lipinski definition) is 2. The van der Waals surface area contributed by atoms with Crippen LogP contribution in [0, 0.1) is 0 Å². The fourth-order valence-corrected chi connectivity index (χ4v) is 3.46. The summed E-state index contributed by atoms with van der Waals surface area (Å²) in [6.45, 7) is 4.47. The Balaban J connectivity index is 1.87. The second-order valence-electron chi connectivity index (χ2n) is 5.24. The van der Waals surface area contributed by atoms with E-state index < -0.39 is 0 Å². The van der Waals surface area contributed by atoms with Crippen LogP contribution in [-0.2, 0) is 0 Å². The van der Waals surface area contributed by atoms with E-state index in [2.05, 4.69) is 78.5 Å². The summed E-state index contributed by atoms with van der Waals surface area (Å²) in [5.41, 5.74) is 2.73. The fourth-order valence-electron chi connectivity index (χ4n) is 2.71. The lowest BCUT2D eigenvalue weighted by Gasteiger charge is -2.21. The Morgan fingerprint density at radius 3 is 2.50 bits per heavy atom. The fraction of sp³-hybridized carbons (Fsp3) is 0.222. The Morgan fingerprint density at radius 1 is 0.900 bits per heavy atom. The lowest BCUT2D eigenvalue weighted by atomic mass is 9.99. The highest BCUT2D eigenvalue weighted by Gasteiger charge is 2.13. The molecule has 1 N–H and O–H groups in total. The van der Waals surface area contributed by atoms with Gasteiger partial charge >= 0.3 is 0 Å². The Labute approximate surface area is 124 Å². The van der Waals surface area contributed by atoms with Crippen molar-refractivity contribution in [1.29, 1.82) is 0 Å². The molecule has 0 aliphatic rings. The van der Waals surface area contributed by atoms with Crippen LogP contribution >= 0.6 is 11.3 Å². The lowest BCUT2D eigenvalue weighted by molar-refractivity contribution is 0.498. The summed E-state index contributed by atoms with van der Waals surface area (Å²) in [7, 11) is 0. The number of nitrogens with one attached hydrogen (secondary N) is 1. The molecule has 0 spiro atoms. The number of rotatable bonds is 4. The zero-order valence-electron chi connectivity index (χ0n) is 11.8. The summed E-state index contributed by atoms with van der Waals surface area (Å²) < 4.78 is 0. The normalized spacial score (nSPS) is 14.3. The predicted octanol–water partition coefficient (Wildman–Crippen LogP) is 5.31. The van der Waals surface area contributed by atoms with Gasteiger partial charge in [0.2, 0.25) is 0 Å². The summed E-state index contributed by atoms with van der Waals surface area (Å²) in [5.74, 6) is 0. The third kappa shape index (κ3) is 2.62. The molecule has 3 rings (SSSR count). The van der Waals surface area contributed by atoms with E-state index in [-0.39, 0.29) is 0 Å². The third-order valence-electron chi connectivity index (χ3n) is 3.83. The molecule has 2 aromatic carbocycles. The van der Waals surface area contributed by atoms with Crippen LogP contribution in [0.15, 0.2) is 59.3 Å². The van der Waals surface area contributed by atoms with Crippen molar-refractivity contribution in [3.63, 3.8) is 0 Å². The topological polar surface area (TPSA) is 12.0 Å². The predicted molar refractivity (Wildman–Crippen MR) is 88.2 cm³/mol. The minimum atomic E-state index is 0.330. The smallest absolute Gasteiger partial charge is 0.0305 e. The van der Waals surface area contributed by atoms with E-state index >= 15 is 0 Å². The van der Waals surface area contributed by atoms with Crippen LogP contribution in [-0.4, -0.2) is 0 Å². The quantitative estimate of drug-likeness (QED) is 0.683. The van der Waals surface area contributed by atoms with E-state index in [1.807, 2.05) is 0 Å². The summed E-state index contributed by atoms with van der Waals surface area (Å²) in [5, 5.41) is 10.7. The summed E-state index contributed by atoms with van der Waals surface area (Å²) >= 11 is 1.75. The van der Waals surface area contributed by atoms with Crippen molar-refractivity contribution in [3.05, 3.63) is 70.4 Å². The molecule has 0 fully saturated rings. The largest absolute Gasteiger partial charge is 0.304 e. The molecule has 0 saturated carbocycles. The van der Waals surface area contributed by atoms with E-state index in [4.69, 9.17) is 0 Å². The maximum absolute atomic E-state index is 3.70. The van der Waals surface area contributed by atoms with Gasteiger partial charge in [0, 0.05) is 12.1 Å². The Morgan fingerprint density at radius 2 is 1.70 bits per heavy atom. The minimum absolute atomic E-state index is 0.330. The molecule has 1 aromatic heterocycles. The first kappa shape index (κ1) is 13.3. The Hall–Kier alpha value is -1.64. The van der Waals surface area contributed by atoms with Crippen molar-refractivity contribution in [3.8, 4) is 0 Å². The molecule has 2 heteroatoms. The van der Waals surface area contributed by atoms with E-state index in [1.54, 1.807) is 11.3 Å². The molecule has 0 bridgehead atoms. The van der Waals surface area contributed by atoms with Gasteiger partial charge in [0.15, 0.2) is 0 Å². The molecule has 0 saturated heterocycles. The average Bonchev–Trinajstić information content (AvgIpc) is 3.01. The van der Waals surface area contributed by atoms with Crippen LogP contribution in [0.25, 0.3) is 10.8 Å². The van der Waals surface area contributed by atoms with Crippen molar-refractivity contribution in [2.24, 2.45) is 0 Å². The van der Waals surface area contributed by atoms with Crippen LogP contribution in [0.4, 0.5) is 0 Å². The van der Waals surface area contributed by atoms with Crippen LogP contribution in [0.3, 0.4) is 0 Å². The van der Waals surface area contributed by atoms with Crippen LogP contribution in [0.1, 0.15) is 37.1 Å². The van der Waals surface area contributed by atoms with Gasteiger partial charge in [-0.1, -0.05) is 42.5 Å². The molecule has 2 atom stereocenters. The van der Waals surface area contributed by atoms with E-state index in [9.17, 15) is 0 Å².